The molecule has 1 aliphatic carbocycles. The molecule has 0 aromatic carbocycles. The Morgan fingerprint density at radius 1 is 1.29 bits per heavy atom. The van der Waals surface area contributed by atoms with Crippen molar-refractivity contribution in [3.63, 3.8) is 0 Å². The van der Waals surface area contributed by atoms with Gasteiger partial charge in [0.25, 0.3) is 0 Å². The summed E-state index contributed by atoms with van der Waals surface area (Å²) in [5, 5.41) is 3.42. The number of rotatable bonds is 6. The third-order valence-electron chi connectivity index (χ3n) is 4.49. The van der Waals surface area contributed by atoms with E-state index in [0.717, 1.165) is 19.0 Å². The number of nitrogens with zero attached hydrogens (tertiary/aromatic N) is 2. The van der Waals surface area contributed by atoms with Crippen LogP contribution in [-0.4, -0.2) is 62.2 Å². The van der Waals surface area contributed by atoms with Crippen LogP contribution in [0.25, 0.3) is 0 Å². The summed E-state index contributed by atoms with van der Waals surface area (Å²) in [6.45, 7) is 9.67. The predicted octanol–water partition coefficient (Wildman–Crippen LogP) is 1.40. The molecular formula is C14H29N3. The zero-order valence-corrected chi connectivity index (χ0v) is 11.6. The minimum absolute atomic E-state index is 0.712. The molecule has 2 aliphatic rings. The summed E-state index contributed by atoms with van der Waals surface area (Å²) in [6.07, 6.45) is 5.87. The molecule has 100 valence electrons. The highest BCUT2D eigenvalue weighted by molar-refractivity contribution is 4.76. The topological polar surface area (TPSA) is 18.5 Å². The number of likely N-dealkylation sites (N-methyl/N-ethyl adjacent to an activating group) is 1. The number of nitrogens with one attached hydrogen (secondary N) is 1. The first-order valence-corrected chi connectivity index (χ1v) is 7.39. The summed E-state index contributed by atoms with van der Waals surface area (Å²) in [5.74, 6) is 1.05. The maximum Gasteiger partial charge on any atom is 0.0195 e. The Morgan fingerprint density at radius 2 is 2.00 bits per heavy atom. The average Bonchev–Trinajstić information content (AvgIpc) is 2.28. The SMILES string of the molecule is CC(CN(C)CCC1CCC1)N1CCNCC1. The van der Waals surface area contributed by atoms with Crippen LogP contribution in [0.3, 0.4) is 0 Å². The molecule has 2 rings (SSSR count). The van der Waals surface area contributed by atoms with Gasteiger partial charge in [-0.2, -0.15) is 0 Å². The van der Waals surface area contributed by atoms with Crippen LogP contribution in [-0.2, 0) is 0 Å². The lowest BCUT2D eigenvalue weighted by Gasteiger charge is -2.35. The minimum Gasteiger partial charge on any atom is -0.314 e. The van der Waals surface area contributed by atoms with Crippen molar-refractivity contribution in [3.8, 4) is 0 Å². The van der Waals surface area contributed by atoms with Crippen molar-refractivity contribution in [2.75, 3.05) is 46.3 Å². The Kier molecular flexibility index (Phi) is 5.26. The standard InChI is InChI=1S/C14H29N3/c1-13(17-10-7-15-8-11-17)12-16(2)9-6-14-4-3-5-14/h13-15H,3-12H2,1-2H3. The van der Waals surface area contributed by atoms with E-state index < -0.39 is 0 Å². The second-order valence-corrected chi connectivity index (χ2v) is 5.98. The van der Waals surface area contributed by atoms with Gasteiger partial charge in [-0.25, -0.2) is 0 Å². The molecule has 1 aliphatic heterocycles. The maximum atomic E-state index is 3.42. The van der Waals surface area contributed by atoms with E-state index in [0.29, 0.717) is 6.04 Å². The average molecular weight is 239 g/mol. The van der Waals surface area contributed by atoms with Crippen molar-refractivity contribution in [1.29, 1.82) is 0 Å². The van der Waals surface area contributed by atoms with Crippen molar-refractivity contribution >= 4 is 0 Å². The summed E-state index contributed by atoms with van der Waals surface area (Å²) in [5.41, 5.74) is 0. The summed E-state index contributed by atoms with van der Waals surface area (Å²) in [6, 6.07) is 0.712. The zero-order valence-electron chi connectivity index (χ0n) is 11.6. The summed E-state index contributed by atoms with van der Waals surface area (Å²) >= 11 is 0. The molecule has 0 aromatic rings. The van der Waals surface area contributed by atoms with Gasteiger partial charge in [0, 0.05) is 38.8 Å². The normalized spacial score (nSPS) is 24.9. The molecular weight excluding hydrogens is 210 g/mol. The lowest BCUT2D eigenvalue weighted by Crippen LogP contribution is -2.50. The highest BCUT2D eigenvalue weighted by atomic mass is 15.2. The first-order valence-electron chi connectivity index (χ1n) is 7.39. The van der Waals surface area contributed by atoms with Gasteiger partial charge in [0.15, 0.2) is 0 Å². The van der Waals surface area contributed by atoms with E-state index in [2.05, 4.69) is 29.1 Å². The van der Waals surface area contributed by atoms with Crippen molar-refractivity contribution in [2.24, 2.45) is 5.92 Å². The molecule has 3 nitrogen and oxygen atoms in total. The number of hydrogen-bond donors (Lipinski definition) is 1. The van der Waals surface area contributed by atoms with Crippen LogP contribution in [0.2, 0.25) is 0 Å². The molecule has 1 N–H and O–H groups in total. The van der Waals surface area contributed by atoms with Gasteiger partial charge in [0.2, 0.25) is 0 Å². The Hall–Kier alpha value is -0.120. The van der Waals surface area contributed by atoms with Crippen LogP contribution in [0.4, 0.5) is 0 Å². The number of piperazine rings is 1. The Balaban J connectivity index is 1.60. The quantitative estimate of drug-likeness (QED) is 0.756. The Labute approximate surface area is 107 Å². The molecule has 1 heterocycles. The summed E-state index contributed by atoms with van der Waals surface area (Å²) in [4.78, 5) is 5.15. The molecule has 0 aromatic heterocycles. The van der Waals surface area contributed by atoms with Crippen molar-refractivity contribution in [2.45, 2.75) is 38.6 Å². The largest absolute Gasteiger partial charge is 0.314 e. The van der Waals surface area contributed by atoms with E-state index in [4.69, 9.17) is 0 Å². The molecule has 2 fully saturated rings. The second kappa shape index (κ2) is 6.72. The predicted molar refractivity (Wildman–Crippen MR) is 73.4 cm³/mol. The Morgan fingerprint density at radius 3 is 2.59 bits per heavy atom. The first kappa shape index (κ1) is 13.3. The molecule has 0 radical (unpaired) electrons. The van der Waals surface area contributed by atoms with Crippen LogP contribution in [0, 0.1) is 5.92 Å². The molecule has 1 saturated heterocycles. The van der Waals surface area contributed by atoms with E-state index in [9.17, 15) is 0 Å². The molecule has 1 unspecified atom stereocenters. The molecule has 0 bridgehead atoms. The van der Waals surface area contributed by atoms with Gasteiger partial charge in [0.1, 0.15) is 0 Å². The monoisotopic (exact) mass is 239 g/mol. The van der Waals surface area contributed by atoms with Gasteiger partial charge in [0.05, 0.1) is 0 Å². The fourth-order valence-electron chi connectivity index (χ4n) is 2.97. The van der Waals surface area contributed by atoms with Crippen molar-refractivity contribution < 1.29 is 0 Å². The van der Waals surface area contributed by atoms with E-state index in [1.54, 1.807) is 0 Å². The van der Waals surface area contributed by atoms with E-state index in [1.165, 1.54) is 51.9 Å². The molecule has 0 amide bonds. The minimum atomic E-state index is 0.712. The third-order valence-corrected chi connectivity index (χ3v) is 4.49. The smallest absolute Gasteiger partial charge is 0.0195 e. The molecule has 3 heteroatoms. The third kappa shape index (κ3) is 4.23. The van der Waals surface area contributed by atoms with E-state index in [-0.39, 0.29) is 0 Å². The molecule has 0 spiro atoms. The second-order valence-electron chi connectivity index (χ2n) is 5.98. The van der Waals surface area contributed by atoms with Gasteiger partial charge >= 0.3 is 0 Å². The zero-order chi connectivity index (χ0) is 12.1. The van der Waals surface area contributed by atoms with Gasteiger partial charge in [-0.1, -0.05) is 19.3 Å². The van der Waals surface area contributed by atoms with Crippen LogP contribution >= 0.6 is 0 Å². The number of hydrogen-bond acceptors (Lipinski definition) is 3. The highest BCUT2D eigenvalue weighted by Crippen LogP contribution is 2.29. The summed E-state index contributed by atoms with van der Waals surface area (Å²) in [7, 11) is 2.29. The maximum absolute atomic E-state index is 3.42. The van der Waals surface area contributed by atoms with Gasteiger partial charge in [-0.3, -0.25) is 4.90 Å². The lowest BCUT2D eigenvalue weighted by molar-refractivity contribution is 0.139. The van der Waals surface area contributed by atoms with Crippen LogP contribution in [0.1, 0.15) is 32.6 Å². The first-order chi connectivity index (χ1) is 8.25. The van der Waals surface area contributed by atoms with Gasteiger partial charge in [-0.15, -0.1) is 0 Å². The highest BCUT2D eigenvalue weighted by Gasteiger charge is 2.20. The van der Waals surface area contributed by atoms with Crippen LogP contribution in [0.15, 0.2) is 0 Å². The molecule has 1 atom stereocenters. The fraction of sp³-hybridized carbons (Fsp3) is 1.00. The fourth-order valence-corrected chi connectivity index (χ4v) is 2.97. The molecule has 17 heavy (non-hydrogen) atoms. The van der Waals surface area contributed by atoms with E-state index in [1.807, 2.05) is 0 Å². The van der Waals surface area contributed by atoms with Crippen molar-refractivity contribution in [1.82, 2.24) is 15.1 Å². The summed E-state index contributed by atoms with van der Waals surface area (Å²) < 4.78 is 0. The van der Waals surface area contributed by atoms with Crippen molar-refractivity contribution in [3.05, 3.63) is 0 Å². The Bertz CT molecular complexity index is 210. The van der Waals surface area contributed by atoms with Crippen LogP contribution in [0.5, 0.6) is 0 Å². The van der Waals surface area contributed by atoms with Gasteiger partial charge < -0.3 is 10.2 Å². The van der Waals surface area contributed by atoms with Crippen LogP contribution < -0.4 is 5.32 Å². The lowest BCUT2D eigenvalue weighted by atomic mass is 9.83. The van der Waals surface area contributed by atoms with E-state index >= 15 is 0 Å². The van der Waals surface area contributed by atoms with Gasteiger partial charge in [-0.05, 0) is 32.9 Å². The molecule has 1 saturated carbocycles.